The lowest BCUT2D eigenvalue weighted by Crippen LogP contribution is -2.50. The van der Waals surface area contributed by atoms with Crippen LogP contribution in [0, 0.1) is 5.82 Å². The molecule has 0 unspecified atom stereocenters. The SMILES string of the molecule is CC(C)(C)OC(=O)NC1CC(Nc2nc3ccc(F)cc3s2)C1. The van der Waals surface area contributed by atoms with E-state index in [2.05, 4.69) is 15.6 Å². The first-order valence-corrected chi connectivity index (χ1v) is 8.42. The van der Waals surface area contributed by atoms with Crippen molar-refractivity contribution in [1.29, 1.82) is 0 Å². The number of carbonyl (C=O) groups excluding carboxylic acids is 1. The monoisotopic (exact) mass is 337 g/mol. The van der Waals surface area contributed by atoms with Gasteiger partial charge in [-0.1, -0.05) is 11.3 Å². The summed E-state index contributed by atoms with van der Waals surface area (Å²) in [5, 5.41) is 6.97. The Morgan fingerprint density at radius 3 is 2.78 bits per heavy atom. The molecule has 0 radical (unpaired) electrons. The average Bonchev–Trinajstić information content (AvgIpc) is 2.75. The van der Waals surface area contributed by atoms with E-state index < -0.39 is 5.60 Å². The van der Waals surface area contributed by atoms with Gasteiger partial charge in [0.15, 0.2) is 5.13 Å². The number of fused-ring (bicyclic) bond motifs is 1. The molecule has 5 nitrogen and oxygen atoms in total. The lowest BCUT2D eigenvalue weighted by Gasteiger charge is -2.36. The Hall–Kier alpha value is -1.89. The highest BCUT2D eigenvalue weighted by molar-refractivity contribution is 7.22. The fourth-order valence-electron chi connectivity index (χ4n) is 2.46. The lowest BCUT2D eigenvalue weighted by molar-refractivity contribution is 0.0475. The zero-order valence-corrected chi connectivity index (χ0v) is 14.2. The number of carbonyl (C=O) groups is 1. The number of nitrogens with zero attached hydrogens (tertiary/aromatic N) is 1. The van der Waals surface area contributed by atoms with E-state index in [1.807, 2.05) is 20.8 Å². The van der Waals surface area contributed by atoms with E-state index in [0.29, 0.717) is 0 Å². The van der Waals surface area contributed by atoms with Gasteiger partial charge in [-0.3, -0.25) is 0 Å². The Morgan fingerprint density at radius 2 is 2.09 bits per heavy atom. The standard InChI is InChI=1S/C16H20FN3O2S/c1-16(2,3)22-15(21)19-11-7-10(8-11)18-14-20-12-5-4-9(17)6-13(12)23-14/h4-6,10-11H,7-8H2,1-3H3,(H,18,20)(H,19,21). The van der Waals surface area contributed by atoms with Crippen molar-refractivity contribution in [2.24, 2.45) is 0 Å². The molecule has 124 valence electrons. The van der Waals surface area contributed by atoms with Crippen LogP contribution in [0.4, 0.5) is 14.3 Å². The number of anilines is 1. The molecule has 2 aromatic rings. The average molecular weight is 337 g/mol. The molecular formula is C16H20FN3O2S. The van der Waals surface area contributed by atoms with Crippen LogP contribution in [0.2, 0.25) is 0 Å². The summed E-state index contributed by atoms with van der Waals surface area (Å²) in [7, 11) is 0. The van der Waals surface area contributed by atoms with Gasteiger partial charge in [-0.2, -0.15) is 0 Å². The van der Waals surface area contributed by atoms with E-state index in [4.69, 9.17) is 4.74 Å². The van der Waals surface area contributed by atoms with Gasteiger partial charge in [0.1, 0.15) is 11.4 Å². The van der Waals surface area contributed by atoms with Crippen molar-refractivity contribution in [2.45, 2.75) is 51.3 Å². The van der Waals surface area contributed by atoms with Crippen LogP contribution in [0.5, 0.6) is 0 Å². The zero-order chi connectivity index (χ0) is 16.6. The van der Waals surface area contributed by atoms with E-state index in [9.17, 15) is 9.18 Å². The number of alkyl carbamates (subject to hydrolysis) is 1. The number of benzene rings is 1. The highest BCUT2D eigenvalue weighted by Crippen LogP contribution is 2.30. The number of hydrogen-bond donors (Lipinski definition) is 2. The summed E-state index contributed by atoms with van der Waals surface area (Å²) in [6.07, 6.45) is 1.27. The molecule has 3 rings (SSSR count). The molecule has 1 aliphatic carbocycles. The molecule has 0 bridgehead atoms. The predicted octanol–water partition coefficient (Wildman–Crippen LogP) is 3.90. The van der Waals surface area contributed by atoms with Crippen LogP contribution in [-0.4, -0.2) is 28.8 Å². The Morgan fingerprint density at radius 1 is 1.35 bits per heavy atom. The van der Waals surface area contributed by atoms with Gasteiger partial charge in [-0.25, -0.2) is 14.2 Å². The lowest BCUT2D eigenvalue weighted by atomic mass is 9.87. The molecule has 7 heteroatoms. The topological polar surface area (TPSA) is 63.2 Å². The normalized spacial score (nSPS) is 20.9. The van der Waals surface area contributed by atoms with Crippen LogP contribution >= 0.6 is 11.3 Å². The maximum atomic E-state index is 13.2. The number of amides is 1. The molecule has 0 spiro atoms. The summed E-state index contributed by atoms with van der Waals surface area (Å²) in [5.41, 5.74) is 0.309. The molecular weight excluding hydrogens is 317 g/mol. The molecule has 0 aliphatic heterocycles. The van der Waals surface area contributed by atoms with Crippen molar-refractivity contribution < 1.29 is 13.9 Å². The number of rotatable bonds is 3. The van der Waals surface area contributed by atoms with Gasteiger partial charge in [0.25, 0.3) is 0 Å². The van der Waals surface area contributed by atoms with Crippen molar-refractivity contribution in [3.05, 3.63) is 24.0 Å². The first-order valence-electron chi connectivity index (χ1n) is 7.61. The van der Waals surface area contributed by atoms with Crippen molar-refractivity contribution in [2.75, 3.05) is 5.32 Å². The molecule has 1 heterocycles. The largest absolute Gasteiger partial charge is 0.444 e. The third-order valence-electron chi connectivity index (χ3n) is 3.54. The van der Waals surface area contributed by atoms with Gasteiger partial charge in [0.05, 0.1) is 10.2 Å². The van der Waals surface area contributed by atoms with Crippen molar-refractivity contribution in [3.8, 4) is 0 Å². The Bertz CT molecular complexity index is 720. The van der Waals surface area contributed by atoms with E-state index >= 15 is 0 Å². The Kier molecular flexibility index (Phi) is 4.14. The minimum Gasteiger partial charge on any atom is -0.444 e. The molecule has 23 heavy (non-hydrogen) atoms. The molecule has 1 aliphatic rings. The minimum absolute atomic E-state index is 0.120. The minimum atomic E-state index is -0.484. The molecule has 0 saturated heterocycles. The number of halogens is 1. The first-order chi connectivity index (χ1) is 10.8. The van der Waals surface area contributed by atoms with Gasteiger partial charge in [-0.05, 0) is 51.8 Å². The van der Waals surface area contributed by atoms with Crippen LogP contribution in [0.15, 0.2) is 18.2 Å². The highest BCUT2D eigenvalue weighted by atomic mass is 32.1. The van der Waals surface area contributed by atoms with Crippen LogP contribution < -0.4 is 10.6 Å². The number of thiazole rings is 1. The summed E-state index contributed by atoms with van der Waals surface area (Å²) in [6, 6.07) is 4.97. The molecule has 1 aromatic carbocycles. The Balaban J connectivity index is 1.49. The van der Waals surface area contributed by atoms with Crippen molar-refractivity contribution in [3.63, 3.8) is 0 Å². The molecule has 1 amide bonds. The maximum Gasteiger partial charge on any atom is 0.407 e. The molecule has 2 N–H and O–H groups in total. The smallest absolute Gasteiger partial charge is 0.407 e. The summed E-state index contributed by atoms with van der Waals surface area (Å²) in [5.74, 6) is -0.252. The first kappa shape index (κ1) is 16.0. The summed E-state index contributed by atoms with van der Waals surface area (Å²) in [4.78, 5) is 16.1. The van der Waals surface area contributed by atoms with Crippen LogP contribution in [0.3, 0.4) is 0 Å². The molecule has 0 atom stereocenters. The van der Waals surface area contributed by atoms with Crippen molar-refractivity contribution >= 4 is 32.8 Å². The highest BCUT2D eigenvalue weighted by Gasteiger charge is 2.32. The van der Waals surface area contributed by atoms with E-state index in [0.717, 1.165) is 28.2 Å². The van der Waals surface area contributed by atoms with Crippen LogP contribution in [0.25, 0.3) is 10.2 Å². The summed E-state index contributed by atoms with van der Waals surface area (Å²) in [6.45, 7) is 5.52. The quantitative estimate of drug-likeness (QED) is 0.891. The van der Waals surface area contributed by atoms with Crippen LogP contribution in [-0.2, 0) is 4.74 Å². The van der Waals surface area contributed by atoms with Gasteiger partial charge in [0.2, 0.25) is 0 Å². The van der Waals surface area contributed by atoms with Crippen LogP contribution in [0.1, 0.15) is 33.6 Å². The van der Waals surface area contributed by atoms with Gasteiger partial charge >= 0.3 is 6.09 Å². The third-order valence-corrected chi connectivity index (χ3v) is 4.49. The summed E-state index contributed by atoms with van der Waals surface area (Å²) >= 11 is 1.44. The molecule has 1 aromatic heterocycles. The summed E-state index contributed by atoms with van der Waals surface area (Å²) < 4.78 is 19.2. The number of ether oxygens (including phenoxy) is 1. The van der Waals surface area contributed by atoms with Crippen molar-refractivity contribution in [1.82, 2.24) is 10.3 Å². The third kappa shape index (κ3) is 4.10. The van der Waals surface area contributed by atoms with E-state index in [1.54, 1.807) is 6.07 Å². The van der Waals surface area contributed by atoms with E-state index in [1.165, 1.54) is 23.5 Å². The maximum absolute atomic E-state index is 13.2. The second-order valence-corrected chi connectivity index (χ2v) is 7.82. The van der Waals surface area contributed by atoms with E-state index in [-0.39, 0.29) is 24.0 Å². The second kappa shape index (κ2) is 5.96. The second-order valence-electron chi connectivity index (χ2n) is 6.79. The van der Waals surface area contributed by atoms with Gasteiger partial charge in [-0.15, -0.1) is 0 Å². The van der Waals surface area contributed by atoms with Gasteiger partial charge < -0.3 is 15.4 Å². The Labute approximate surface area is 138 Å². The predicted molar refractivity (Wildman–Crippen MR) is 89.4 cm³/mol. The number of aromatic nitrogens is 1. The number of hydrogen-bond acceptors (Lipinski definition) is 5. The molecule has 1 saturated carbocycles. The fraction of sp³-hybridized carbons (Fsp3) is 0.500. The number of nitrogens with one attached hydrogen (secondary N) is 2. The molecule has 1 fully saturated rings. The zero-order valence-electron chi connectivity index (χ0n) is 13.4. The fourth-order valence-corrected chi connectivity index (χ4v) is 3.43. The van der Waals surface area contributed by atoms with Gasteiger partial charge in [0, 0.05) is 12.1 Å².